The standard InChI is InChI=1S/2C15H16O9/c1-22-10-5-8(6-11(23-2)14(10)20)3-4-13(19)24-15(21)9(16)7-12(17)18;1-23-9-5-8(6-10(24-2)13(9)19)3-4-11(16)15(22,14(20)21)7-12(17)18/h3-6,9,16,20H,7H2,1-2H3,(H,17,18);3-6,19,22H,7H2,1-2H3,(H,17,18)(H,20,21)/b2*4-3+. The Hall–Kier alpha value is -6.14. The second kappa shape index (κ2) is 18.1. The number of aliphatic hydroxyl groups is 2. The molecule has 0 heterocycles. The summed E-state index contributed by atoms with van der Waals surface area (Å²) >= 11 is 0. The molecule has 7 N–H and O–H groups in total. The molecule has 0 saturated heterocycles. The molecule has 2 unspecified atom stereocenters. The molecule has 0 bridgehead atoms. The summed E-state index contributed by atoms with van der Waals surface area (Å²) in [6.45, 7) is 0. The second-order valence-corrected chi connectivity index (χ2v) is 9.17. The number of hydrogen-bond donors (Lipinski definition) is 7. The third-order valence-electron chi connectivity index (χ3n) is 5.85. The van der Waals surface area contributed by atoms with Gasteiger partial charge in [0.1, 0.15) is 0 Å². The van der Waals surface area contributed by atoms with E-state index < -0.39 is 60.2 Å². The molecule has 0 aromatic heterocycles. The van der Waals surface area contributed by atoms with Crippen molar-refractivity contribution in [3.8, 4) is 34.5 Å². The van der Waals surface area contributed by atoms with Gasteiger partial charge in [0.15, 0.2) is 34.9 Å². The van der Waals surface area contributed by atoms with E-state index in [-0.39, 0.29) is 40.1 Å². The van der Waals surface area contributed by atoms with E-state index in [1.165, 1.54) is 58.8 Å². The number of aromatic hydroxyl groups is 2. The molecule has 2 atom stereocenters. The molecule has 18 heteroatoms. The maximum Gasteiger partial charge on any atom is 0.344 e. The molecule has 2 aromatic carbocycles. The summed E-state index contributed by atoms with van der Waals surface area (Å²) < 4.78 is 24.0. The first-order valence-electron chi connectivity index (χ1n) is 13.1. The topological polar surface area (TPSA) is 290 Å². The van der Waals surface area contributed by atoms with Crippen molar-refractivity contribution >= 4 is 47.8 Å². The monoisotopic (exact) mass is 680 g/mol. The largest absolute Gasteiger partial charge is 0.502 e. The Labute approximate surface area is 271 Å². The van der Waals surface area contributed by atoms with E-state index in [2.05, 4.69) is 4.74 Å². The average Bonchev–Trinajstić information content (AvgIpc) is 3.02. The minimum absolute atomic E-state index is 0.0421. The summed E-state index contributed by atoms with van der Waals surface area (Å²) in [5, 5.41) is 64.5. The lowest BCUT2D eigenvalue weighted by atomic mass is 9.93. The molecule has 0 aliphatic rings. The normalized spacial score (nSPS) is 12.5. The molecular formula is C30H32O18. The van der Waals surface area contributed by atoms with Crippen molar-refractivity contribution in [1.29, 1.82) is 0 Å². The van der Waals surface area contributed by atoms with E-state index in [1.54, 1.807) is 0 Å². The van der Waals surface area contributed by atoms with Gasteiger partial charge in [-0.3, -0.25) is 14.4 Å². The second-order valence-electron chi connectivity index (χ2n) is 9.17. The van der Waals surface area contributed by atoms with Crippen LogP contribution in [0.5, 0.6) is 34.5 Å². The summed E-state index contributed by atoms with van der Waals surface area (Å²) in [6.07, 6.45) is -0.102. The average molecular weight is 681 g/mol. The highest BCUT2D eigenvalue weighted by molar-refractivity contribution is 6.14. The highest BCUT2D eigenvalue weighted by atomic mass is 16.6. The Kier molecular flexibility index (Phi) is 15.1. The zero-order valence-electron chi connectivity index (χ0n) is 25.7. The number of ketones is 1. The van der Waals surface area contributed by atoms with Crippen molar-refractivity contribution in [2.45, 2.75) is 24.5 Å². The molecule has 0 aliphatic heterocycles. The highest BCUT2D eigenvalue weighted by Crippen LogP contribution is 2.38. The van der Waals surface area contributed by atoms with Crippen LogP contribution in [0.2, 0.25) is 0 Å². The first-order valence-corrected chi connectivity index (χ1v) is 13.1. The Morgan fingerprint density at radius 2 is 1.10 bits per heavy atom. The quantitative estimate of drug-likeness (QED) is 0.0770. The number of aliphatic carboxylic acids is 3. The summed E-state index contributed by atoms with van der Waals surface area (Å²) in [6, 6.07) is 5.47. The van der Waals surface area contributed by atoms with Crippen LogP contribution in [0.1, 0.15) is 24.0 Å². The number of carbonyl (C=O) groups is 6. The highest BCUT2D eigenvalue weighted by Gasteiger charge is 2.44. The van der Waals surface area contributed by atoms with Gasteiger partial charge in [-0.2, -0.15) is 0 Å². The minimum atomic E-state index is -3.08. The van der Waals surface area contributed by atoms with Crippen molar-refractivity contribution in [3.63, 3.8) is 0 Å². The molecule has 18 nitrogen and oxygen atoms in total. The lowest BCUT2D eigenvalue weighted by Crippen LogP contribution is -2.47. The van der Waals surface area contributed by atoms with Crippen LogP contribution in [0, 0.1) is 0 Å². The molecule has 0 amide bonds. The van der Waals surface area contributed by atoms with Gasteiger partial charge in [-0.15, -0.1) is 0 Å². The van der Waals surface area contributed by atoms with E-state index in [4.69, 9.17) is 34.3 Å². The predicted octanol–water partition coefficient (Wildman–Crippen LogP) is 0.610. The summed E-state index contributed by atoms with van der Waals surface area (Å²) in [5.41, 5.74) is -2.39. The summed E-state index contributed by atoms with van der Waals surface area (Å²) in [7, 11) is 5.25. The number of esters is 2. The fourth-order valence-corrected chi connectivity index (χ4v) is 3.43. The number of methoxy groups -OCH3 is 4. The third-order valence-corrected chi connectivity index (χ3v) is 5.85. The van der Waals surface area contributed by atoms with E-state index in [9.17, 15) is 49.2 Å². The first-order chi connectivity index (χ1) is 22.4. The molecule has 0 fully saturated rings. The number of rotatable bonds is 15. The van der Waals surface area contributed by atoms with Gasteiger partial charge in [0.2, 0.25) is 17.1 Å². The minimum Gasteiger partial charge on any atom is -0.502 e. The zero-order chi connectivity index (χ0) is 36.8. The van der Waals surface area contributed by atoms with Crippen LogP contribution >= 0.6 is 0 Å². The summed E-state index contributed by atoms with van der Waals surface area (Å²) in [5.74, 6) is -9.00. The van der Waals surface area contributed by atoms with Crippen LogP contribution in [-0.2, 0) is 33.5 Å². The van der Waals surface area contributed by atoms with Crippen LogP contribution in [0.15, 0.2) is 36.4 Å². The van der Waals surface area contributed by atoms with E-state index in [1.807, 2.05) is 0 Å². The number of carboxylic acid groups (broad SMARTS) is 3. The van der Waals surface area contributed by atoms with Gasteiger partial charge in [0.05, 0.1) is 41.3 Å². The third kappa shape index (κ3) is 11.3. The molecule has 0 aliphatic carbocycles. The number of phenols is 2. The van der Waals surface area contributed by atoms with E-state index >= 15 is 0 Å². The van der Waals surface area contributed by atoms with Crippen molar-refractivity contribution in [1.82, 2.24) is 0 Å². The number of hydrogen-bond acceptors (Lipinski definition) is 15. The number of benzene rings is 2. The van der Waals surface area contributed by atoms with Crippen molar-refractivity contribution < 1.29 is 88.2 Å². The van der Waals surface area contributed by atoms with Crippen LogP contribution in [0.4, 0.5) is 0 Å². The maximum atomic E-state index is 11.9. The lowest BCUT2D eigenvalue weighted by Gasteiger charge is -2.17. The zero-order valence-corrected chi connectivity index (χ0v) is 25.7. The fraction of sp³-hybridized carbons (Fsp3) is 0.267. The number of aliphatic hydroxyl groups excluding tert-OH is 1. The van der Waals surface area contributed by atoms with Gasteiger partial charge in [0, 0.05) is 6.08 Å². The van der Waals surface area contributed by atoms with Gasteiger partial charge in [-0.05, 0) is 47.5 Å². The van der Waals surface area contributed by atoms with Gasteiger partial charge in [0.25, 0.3) is 0 Å². The maximum absolute atomic E-state index is 11.9. The lowest BCUT2D eigenvalue weighted by molar-refractivity contribution is -0.169. The van der Waals surface area contributed by atoms with Crippen LogP contribution in [-0.4, -0.2) is 112 Å². The van der Waals surface area contributed by atoms with Crippen molar-refractivity contribution in [2.75, 3.05) is 28.4 Å². The first kappa shape index (κ1) is 39.9. The Morgan fingerprint density at radius 1 is 0.708 bits per heavy atom. The van der Waals surface area contributed by atoms with Crippen LogP contribution < -0.4 is 18.9 Å². The molecule has 0 saturated carbocycles. The van der Waals surface area contributed by atoms with Gasteiger partial charge >= 0.3 is 29.8 Å². The van der Waals surface area contributed by atoms with Gasteiger partial charge in [-0.25, -0.2) is 14.4 Å². The summed E-state index contributed by atoms with van der Waals surface area (Å²) in [4.78, 5) is 66.7. The molecule has 2 rings (SSSR count). The van der Waals surface area contributed by atoms with Crippen molar-refractivity contribution in [2.24, 2.45) is 0 Å². The Bertz CT molecular complexity index is 1540. The Balaban J connectivity index is 0.000000480. The van der Waals surface area contributed by atoms with E-state index in [0.717, 1.165) is 18.2 Å². The number of carbonyl (C=O) groups excluding carboxylic acids is 3. The number of carboxylic acids is 3. The fourth-order valence-electron chi connectivity index (χ4n) is 3.43. The SMILES string of the molecule is COc1cc(/C=C/C(=O)C(O)(CC(=O)O)C(=O)O)cc(OC)c1O.COc1cc(/C=C/C(=O)OC(=O)C(O)CC(=O)O)cc(OC)c1O. The molecule has 0 radical (unpaired) electrons. The molecule has 2 aromatic rings. The molecule has 260 valence electrons. The van der Waals surface area contributed by atoms with E-state index in [0.29, 0.717) is 5.56 Å². The van der Waals surface area contributed by atoms with Crippen LogP contribution in [0.25, 0.3) is 12.2 Å². The molecule has 0 spiro atoms. The molecular weight excluding hydrogens is 648 g/mol. The van der Waals surface area contributed by atoms with Gasteiger partial charge < -0.3 is 59.4 Å². The predicted molar refractivity (Wildman–Crippen MR) is 160 cm³/mol. The van der Waals surface area contributed by atoms with Gasteiger partial charge in [-0.1, -0.05) is 6.08 Å². The molecule has 48 heavy (non-hydrogen) atoms. The Morgan fingerprint density at radius 3 is 1.44 bits per heavy atom. The number of phenolic OH excluding ortho intramolecular Hbond substituents is 2. The van der Waals surface area contributed by atoms with Crippen LogP contribution in [0.3, 0.4) is 0 Å². The smallest absolute Gasteiger partial charge is 0.344 e. The van der Waals surface area contributed by atoms with Crippen molar-refractivity contribution in [3.05, 3.63) is 47.5 Å². The number of ether oxygens (including phenoxy) is 5.